The molecule has 1 fully saturated rings. The summed E-state index contributed by atoms with van der Waals surface area (Å²) in [6.07, 6.45) is 8.88. The van der Waals surface area contributed by atoms with Crippen molar-refractivity contribution in [3.05, 3.63) is 23.8 Å². The number of hydrogen-bond donors (Lipinski definition) is 2. The highest BCUT2D eigenvalue weighted by atomic mass is 16.4. The smallest absolute Gasteiger partial charge is 0.338 e. The van der Waals surface area contributed by atoms with Crippen molar-refractivity contribution >= 4 is 17.0 Å². The van der Waals surface area contributed by atoms with Crippen LogP contribution in [-0.2, 0) is 0 Å². The second-order valence-electron chi connectivity index (χ2n) is 4.82. The molecule has 2 heterocycles. The number of aromatic amines is 1. The Hall–Kier alpha value is -1.91. The van der Waals surface area contributed by atoms with Gasteiger partial charge in [0.2, 0.25) is 0 Å². The van der Waals surface area contributed by atoms with Crippen molar-refractivity contribution in [1.29, 1.82) is 0 Å². The van der Waals surface area contributed by atoms with Gasteiger partial charge in [0.1, 0.15) is 12.0 Å². The molecular weight excluding hydrogens is 230 g/mol. The zero-order chi connectivity index (χ0) is 12.5. The average Bonchev–Trinajstić information content (AvgIpc) is 2.83. The summed E-state index contributed by atoms with van der Waals surface area (Å²) in [6, 6.07) is 0. The van der Waals surface area contributed by atoms with Crippen molar-refractivity contribution in [1.82, 2.24) is 15.0 Å². The molecule has 1 aliphatic rings. The summed E-state index contributed by atoms with van der Waals surface area (Å²) < 4.78 is 0. The monoisotopic (exact) mass is 245 g/mol. The number of nitrogens with one attached hydrogen (secondary N) is 1. The second kappa shape index (κ2) is 4.40. The first-order valence-corrected chi connectivity index (χ1v) is 6.32. The van der Waals surface area contributed by atoms with Crippen LogP contribution >= 0.6 is 0 Å². The molecule has 0 aromatic carbocycles. The van der Waals surface area contributed by atoms with Crippen LogP contribution in [0.2, 0.25) is 0 Å². The topological polar surface area (TPSA) is 78.9 Å². The molecule has 18 heavy (non-hydrogen) atoms. The van der Waals surface area contributed by atoms with Gasteiger partial charge in [0.25, 0.3) is 0 Å². The maximum Gasteiger partial charge on any atom is 0.338 e. The Balaban J connectivity index is 2.15. The third-order valence-electron chi connectivity index (χ3n) is 3.72. The summed E-state index contributed by atoms with van der Waals surface area (Å²) >= 11 is 0. The van der Waals surface area contributed by atoms with Gasteiger partial charge in [-0.3, -0.25) is 0 Å². The number of hydrogen-bond acceptors (Lipinski definition) is 3. The fraction of sp³-hybridized carbons (Fsp3) is 0.462. The summed E-state index contributed by atoms with van der Waals surface area (Å²) in [4.78, 5) is 22.6. The molecule has 0 spiro atoms. The van der Waals surface area contributed by atoms with Crippen LogP contribution in [-0.4, -0.2) is 26.0 Å². The summed E-state index contributed by atoms with van der Waals surface area (Å²) in [5, 5.41) is 9.91. The van der Waals surface area contributed by atoms with E-state index in [0.29, 0.717) is 17.0 Å². The minimum atomic E-state index is -0.923. The quantitative estimate of drug-likeness (QED) is 0.852. The van der Waals surface area contributed by atoms with Gasteiger partial charge in [-0.05, 0) is 12.8 Å². The predicted octanol–water partition coefficient (Wildman–Crippen LogP) is 2.70. The molecule has 1 aliphatic carbocycles. The lowest BCUT2D eigenvalue weighted by Gasteiger charge is -2.21. The largest absolute Gasteiger partial charge is 0.478 e. The Kier molecular flexibility index (Phi) is 2.74. The molecule has 0 bridgehead atoms. The van der Waals surface area contributed by atoms with Gasteiger partial charge in [-0.25, -0.2) is 14.8 Å². The lowest BCUT2D eigenvalue weighted by atomic mass is 9.85. The molecule has 94 valence electrons. The van der Waals surface area contributed by atoms with Crippen LogP contribution in [0.5, 0.6) is 0 Å². The Labute approximate surface area is 104 Å². The van der Waals surface area contributed by atoms with Crippen LogP contribution in [0.1, 0.15) is 54.1 Å². The van der Waals surface area contributed by atoms with Crippen molar-refractivity contribution in [3.8, 4) is 0 Å². The summed E-state index contributed by atoms with van der Waals surface area (Å²) in [5.41, 5.74) is 1.81. The van der Waals surface area contributed by atoms with E-state index in [2.05, 4.69) is 15.0 Å². The van der Waals surface area contributed by atoms with E-state index in [1.54, 1.807) is 0 Å². The third kappa shape index (κ3) is 1.75. The number of aromatic nitrogens is 3. The van der Waals surface area contributed by atoms with Crippen LogP contribution < -0.4 is 0 Å². The molecule has 2 N–H and O–H groups in total. The Morgan fingerprint density at radius 1 is 1.28 bits per heavy atom. The summed E-state index contributed by atoms with van der Waals surface area (Å²) in [5.74, 6) is -0.550. The first-order chi connectivity index (χ1) is 8.77. The Morgan fingerprint density at radius 2 is 2.06 bits per heavy atom. The van der Waals surface area contributed by atoms with Gasteiger partial charge in [-0.2, -0.15) is 0 Å². The van der Waals surface area contributed by atoms with Crippen LogP contribution in [0.15, 0.2) is 12.5 Å². The molecule has 2 aromatic heterocycles. The number of carbonyl (C=O) groups is 1. The highest BCUT2D eigenvalue weighted by molar-refractivity contribution is 6.03. The summed E-state index contributed by atoms with van der Waals surface area (Å²) in [6.45, 7) is 0. The van der Waals surface area contributed by atoms with Crippen LogP contribution in [0, 0.1) is 0 Å². The first kappa shape index (κ1) is 11.2. The molecule has 0 radical (unpaired) electrons. The molecule has 0 atom stereocenters. The van der Waals surface area contributed by atoms with Crippen molar-refractivity contribution < 1.29 is 9.90 Å². The number of carboxylic acid groups (broad SMARTS) is 1. The maximum atomic E-state index is 11.2. The van der Waals surface area contributed by atoms with E-state index < -0.39 is 5.97 Å². The minimum absolute atomic E-state index is 0.283. The molecule has 0 aliphatic heterocycles. The summed E-state index contributed by atoms with van der Waals surface area (Å²) in [7, 11) is 0. The number of nitrogens with zero attached hydrogens (tertiary/aromatic N) is 2. The zero-order valence-corrected chi connectivity index (χ0v) is 10.0. The lowest BCUT2D eigenvalue weighted by molar-refractivity contribution is 0.0699. The molecule has 2 aromatic rings. The standard InChI is InChI=1S/C13H15N3O2/c17-13(18)9-6-14-12-10(9)11(15-7-16-12)8-4-2-1-3-5-8/h6-8H,1-5H2,(H,17,18)(H,14,15,16). The molecule has 0 saturated heterocycles. The van der Waals surface area contributed by atoms with Crippen LogP contribution in [0.4, 0.5) is 0 Å². The SMILES string of the molecule is O=C(O)c1c[nH]c2ncnc(C3CCCCC3)c12. The molecular formula is C13H15N3O2. The van der Waals surface area contributed by atoms with Gasteiger partial charge in [0.15, 0.2) is 0 Å². The van der Waals surface area contributed by atoms with E-state index in [9.17, 15) is 9.90 Å². The van der Waals surface area contributed by atoms with Gasteiger partial charge >= 0.3 is 5.97 Å². The number of fused-ring (bicyclic) bond motifs is 1. The molecule has 5 heteroatoms. The van der Waals surface area contributed by atoms with Crippen molar-refractivity contribution in [3.63, 3.8) is 0 Å². The lowest BCUT2D eigenvalue weighted by Crippen LogP contribution is -2.08. The van der Waals surface area contributed by atoms with Gasteiger partial charge in [0, 0.05) is 12.1 Å². The van der Waals surface area contributed by atoms with Gasteiger partial charge in [-0.1, -0.05) is 19.3 Å². The Bertz CT molecular complexity index is 585. The molecule has 1 saturated carbocycles. The van der Waals surface area contributed by atoms with Gasteiger partial charge < -0.3 is 10.1 Å². The third-order valence-corrected chi connectivity index (χ3v) is 3.72. The number of rotatable bonds is 2. The maximum absolute atomic E-state index is 11.2. The van der Waals surface area contributed by atoms with Gasteiger partial charge in [0.05, 0.1) is 16.6 Å². The highest BCUT2D eigenvalue weighted by Gasteiger charge is 2.23. The fourth-order valence-electron chi connectivity index (χ4n) is 2.84. The zero-order valence-electron chi connectivity index (χ0n) is 10.0. The van der Waals surface area contributed by atoms with Crippen LogP contribution in [0.25, 0.3) is 11.0 Å². The fourth-order valence-corrected chi connectivity index (χ4v) is 2.84. The van der Waals surface area contributed by atoms with E-state index in [1.807, 2.05) is 0 Å². The van der Waals surface area contributed by atoms with E-state index in [-0.39, 0.29) is 5.56 Å². The molecule has 5 nitrogen and oxygen atoms in total. The van der Waals surface area contributed by atoms with Crippen molar-refractivity contribution in [2.75, 3.05) is 0 Å². The molecule has 3 rings (SSSR count). The number of carboxylic acids is 1. The normalized spacial score (nSPS) is 17.1. The Morgan fingerprint density at radius 3 is 2.78 bits per heavy atom. The van der Waals surface area contributed by atoms with E-state index >= 15 is 0 Å². The van der Waals surface area contributed by atoms with E-state index in [4.69, 9.17) is 0 Å². The average molecular weight is 245 g/mol. The highest BCUT2D eigenvalue weighted by Crippen LogP contribution is 2.35. The molecule has 0 unspecified atom stereocenters. The second-order valence-corrected chi connectivity index (χ2v) is 4.82. The predicted molar refractivity (Wildman–Crippen MR) is 66.7 cm³/mol. The van der Waals surface area contributed by atoms with Crippen LogP contribution in [0.3, 0.4) is 0 Å². The minimum Gasteiger partial charge on any atom is -0.478 e. The van der Waals surface area contributed by atoms with Crippen molar-refractivity contribution in [2.24, 2.45) is 0 Å². The van der Waals surface area contributed by atoms with E-state index in [1.165, 1.54) is 31.8 Å². The first-order valence-electron chi connectivity index (χ1n) is 6.32. The number of H-pyrrole nitrogens is 1. The van der Waals surface area contributed by atoms with Gasteiger partial charge in [-0.15, -0.1) is 0 Å². The van der Waals surface area contributed by atoms with E-state index in [0.717, 1.165) is 18.5 Å². The number of aromatic carboxylic acids is 1. The van der Waals surface area contributed by atoms with Crippen molar-refractivity contribution in [2.45, 2.75) is 38.0 Å². The molecule has 0 amide bonds.